The number of hydrogen-bond acceptors (Lipinski definition) is 5. The zero-order chi connectivity index (χ0) is 23.4. The van der Waals surface area contributed by atoms with E-state index in [9.17, 15) is 14.0 Å². The number of imide groups is 1. The normalized spacial score (nSPS) is 18.3. The number of amides is 2. The minimum atomic E-state index is -0.293. The average molecular weight is 581 g/mol. The van der Waals surface area contributed by atoms with Crippen molar-refractivity contribution in [2.75, 3.05) is 13.7 Å². The Morgan fingerprint density at radius 2 is 1.88 bits per heavy atom. The van der Waals surface area contributed by atoms with Gasteiger partial charge in [-0.3, -0.25) is 14.5 Å². The van der Waals surface area contributed by atoms with Crippen LogP contribution in [0.2, 0.25) is 0 Å². The lowest BCUT2D eigenvalue weighted by atomic mass is 9.89. The molecule has 0 bridgehead atoms. The molecule has 2 amide bonds. The number of carbonyl (C=O) groups is 2. The second-order valence-electron chi connectivity index (χ2n) is 8.25. The van der Waals surface area contributed by atoms with Crippen LogP contribution in [-0.4, -0.2) is 29.7 Å². The van der Waals surface area contributed by atoms with E-state index in [0.29, 0.717) is 28.9 Å². The number of thioether (sulfide) groups is 1. The van der Waals surface area contributed by atoms with Gasteiger partial charge in [0.15, 0.2) is 11.5 Å². The van der Waals surface area contributed by atoms with Gasteiger partial charge in [-0.25, -0.2) is 4.39 Å². The van der Waals surface area contributed by atoms with E-state index in [-0.39, 0.29) is 23.6 Å². The molecule has 0 unspecified atom stereocenters. The molecule has 8 heteroatoms. The SMILES string of the molecule is COc1cc(/C=C2/SC(=O)N(CC3CCCCC3)C2=O)cc(I)c1OCc1ccc(F)cc1. The number of ether oxygens (including phenoxy) is 2. The molecular formula is C25H25FINO4S. The van der Waals surface area contributed by atoms with Gasteiger partial charge in [-0.1, -0.05) is 31.4 Å². The number of carbonyl (C=O) groups excluding carboxylic acids is 2. The van der Waals surface area contributed by atoms with Gasteiger partial charge in [-0.2, -0.15) is 0 Å². The Kier molecular flexibility index (Phi) is 7.95. The number of nitrogens with zero attached hydrogens (tertiary/aromatic N) is 1. The molecule has 2 fully saturated rings. The fraction of sp³-hybridized carbons (Fsp3) is 0.360. The van der Waals surface area contributed by atoms with Crippen molar-refractivity contribution in [3.8, 4) is 11.5 Å². The molecule has 2 aromatic carbocycles. The number of benzene rings is 2. The van der Waals surface area contributed by atoms with Crippen LogP contribution in [0.1, 0.15) is 43.2 Å². The zero-order valence-electron chi connectivity index (χ0n) is 18.3. The fourth-order valence-electron chi connectivity index (χ4n) is 4.14. The van der Waals surface area contributed by atoms with Crippen molar-refractivity contribution in [1.29, 1.82) is 0 Å². The predicted molar refractivity (Wildman–Crippen MR) is 136 cm³/mol. The molecule has 0 atom stereocenters. The summed E-state index contributed by atoms with van der Waals surface area (Å²) in [6.45, 7) is 0.783. The Balaban J connectivity index is 1.49. The highest BCUT2D eigenvalue weighted by atomic mass is 127. The van der Waals surface area contributed by atoms with E-state index < -0.39 is 0 Å². The van der Waals surface area contributed by atoms with E-state index >= 15 is 0 Å². The zero-order valence-corrected chi connectivity index (χ0v) is 21.3. The van der Waals surface area contributed by atoms with Crippen molar-refractivity contribution < 1.29 is 23.5 Å². The molecule has 0 radical (unpaired) electrons. The lowest BCUT2D eigenvalue weighted by Crippen LogP contribution is -2.34. The number of hydrogen-bond donors (Lipinski definition) is 0. The van der Waals surface area contributed by atoms with Crippen molar-refractivity contribution in [3.63, 3.8) is 0 Å². The van der Waals surface area contributed by atoms with E-state index in [4.69, 9.17) is 9.47 Å². The molecule has 33 heavy (non-hydrogen) atoms. The van der Waals surface area contributed by atoms with Crippen LogP contribution in [0.15, 0.2) is 41.3 Å². The summed E-state index contributed by atoms with van der Waals surface area (Å²) in [5, 5.41) is -0.197. The molecule has 1 saturated heterocycles. The summed E-state index contributed by atoms with van der Waals surface area (Å²) in [5.41, 5.74) is 1.60. The van der Waals surface area contributed by atoms with Crippen LogP contribution in [-0.2, 0) is 11.4 Å². The lowest BCUT2D eigenvalue weighted by Gasteiger charge is -2.25. The van der Waals surface area contributed by atoms with Crippen molar-refractivity contribution in [3.05, 3.63) is 61.8 Å². The summed E-state index contributed by atoms with van der Waals surface area (Å²) in [4.78, 5) is 27.2. The highest BCUT2D eigenvalue weighted by molar-refractivity contribution is 14.1. The molecule has 174 valence electrons. The van der Waals surface area contributed by atoms with Crippen LogP contribution in [0, 0.1) is 15.3 Å². The van der Waals surface area contributed by atoms with E-state index in [1.807, 2.05) is 6.07 Å². The van der Waals surface area contributed by atoms with Gasteiger partial charge in [0.25, 0.3) is 11.1 Å². The number of halogens is 2. The summed E-state index contributed by atoms with van der Waals surface area (Å²) < 4.78 is 25.4. The Bertz CT molecular complexity index is 1070. The summed E-state index contributed by atoms with van der Waals surface area (Å²) in [5.74, 6) is 0.992. The van der Waals surface area contributed by atoms with Crippen LogP contribution in [0.5, 0.6) is 11.5 Å². The minimum Gasteiger partial charge on any atom is -0.493 e. The van der Waals surface area contributed by atoms with Gasteiger partial charge in [0.1, 0.15) is 12.4 Å². The molecule has 0 aromatic heterocycles. The van der Waals surface area contributed by atoms with Crippen LogP contribution in [0.3, 0.4) is 0 Å². The summed E-state index contributed by atoms with van der Waals surface area (Å²) in [7, 11) is 1.55. The van der Waals surface area contributed by atoms with Gasteiger partial charge >= 0.3 is 0 Å². The van der Waals surface area contributed by atoms with Crippen molar-refractivity contribution in [2.45, 2.75) is 38.7 Å². The first kappa shape index (κ1) is 24.1. The van der Waals surface area contributed by atoms with E-state index in [1.54, 1.807) is 31.4 Å². The molecule has 4 rings (SSSR count). The third-order valence-electron chi connectivity index (χ3n) is 5.89. The third kappa shape index (κ3) is 5.90. The first-order valence-corrected chi connectivity index (χ1v) is 12.8. The van der Waals surface area contributed by atoms with Gasteiger partial charge in [0.2, 0.25) is 0 Å². The molecule has 5 nitrogen and oxygen atoms in total. The second-order valence-corrected chi connectivity index (χ2v) is 10.4. The molecule has 1 saturated carbocycles. The smallest absolute Gasteiger partial charge is 0.293 e. The van der Waals surface area contributed by atoms with Crippen LogP contribution in [0.25, 0.3) is 6.08 Å². The first-order chi connectivity index (χ1) is 15.9. The molecule has 0 spiro atoms. The van der Waals surface area contributed by atoms with Gasteiger partial charge in [0, 0.05) is 6.54 Å². The summed E-state index contributed by atoms with van der Waals surface area (Å²) in [6.07, 6.45) is 7.47. The van der Waals surface area contributed by atoms with Crippen molar-refractivity contribution in [1.82, 2.24) is 4.90 Å². The maximum Gasteiger partial charge on any atom is 0.293 e. The maximum absolute atomic E-state index is 13.1. The monoisotopic (exact) mass is 581 g/mol. The molecule has 0 N–H and O–H groups in total. The highest BCUT2D eigenvalue weighted by Gasteiger charge is 2.36. The van der Waals surface area contributed by atoms with Gasteiger partial charge < -0.3 is 9.47 Å². The molecule has 1 aliphatic carbocycles. The standard InChI is InChI=1S/C25H25FINO4S/c1-31-21-12-18(11-20(27)23(21)32-15-17-7-9-19(26)10-8-17)13-22-24(29)28(25(30)33-22)14-16-5-3-2-4-6-16/h7-13,16H,2-6,14-15H2,1H3/b22-13+. The largest absolute Gasteiger partial charge is 0.493 e. The number of methoxy groups -OCH3 is 1. The summed E-state index contributed by atoms with van der Waals surface area (Å²) >= 11 is 3.15. The van der Waals surface area contributed by atoms with Gasteiger partial charge in [0.05, 0.1) is 15.6 Å². The quantitative estimate of drug-likeness (QED) is 0.271. The van der Waals surface area contributed by atoms with Gasteiger partial charge in [-0.15, -0.1) is 0 Å². The van der Waals surface area contributed by atoms with E-state index in [0.717, 1.165) is 39.3 Å². The number of rotatable bonds is 7. The molecular weight excluding hydrogens is 556 g/mol. The maximum atomic E-state index is 13.1. The molecule has 2 aromatic rings. The minimum absolute atomic E-state index is 0.197. The molecule has 1 heterocycles. The summed E-state index contributed by atoms with van der Waals surface area (Å²) in [6, 6.07) is 9.81. The van der Waals surface area contributed by atoms with E-state index in [2.05, 4.69) is 22.6 Å². The lowest BCUT2D eigenvalue weighted by molar-refractivity contribution is -0.123. The third-order valence-corrected chi connectivity index (χ3v) is 7.59. The van der Waals surface area contributed by atoms with Crippen LogP contribution >= 0.6 is 34.4 Å². The Morgan fingerprint density at radius 1 is 1.15 bits per heavy atom. The Hall–Kier alpha value is -2.07. The van der Waals surface area contributed by atoms with Crippen molar-refractivity contribution in [2.24, 2.45) is 5.92 Å². The van der Waals surface area contributed by atoms with E-state index in [1.165, 1.54) is 36.3 Å². The molecule has 1 aliphatic heterocycles. The molecule has 2 aliphatic rings. The Labute approximate surface area is 210 Å². The second kappa shape index (κ2) is 10.9. The average Bonchev–Trinajstić information content (AvgIpc) is 3.07. The predicted octanol–water partition coefficient (Wildman–Crippen LogP) is 6.63. The van der Waals surface area contributed by atoms with Crippen LogP contribution in [0.4, 0.5) is 9.18 Å². The van der Waals surface area contributed by atoms with Crippen molar-refractivity contribution >= 4 is 51.6 Å². The highest BCUT2D eigenvalue weighted by Crippen LogP contribution is 2.38. The topological polar surface area (TPSA) is 55.8 Å². The fourth-order valence-corrected chi connectivity index (χ4v) is 5.77. The first-order valence-electron chi connectivity index (χ1n) is 10.9. The Morgan fingerprint density at radius 3 is 2.58 bits per heavy atom. The van der Waals surface area contributed by atoms with Gasteiger partial charge in [-0.05, 0) is 94.6 Å². The van der Waals surface area contributed by atoms with Crippen LogP contribution < -0.4 is 9.47 Å².